The van der Waals surface area contributed by atoms with E-state index in [4.69, 9.17) is 4.42 Å². The summed E-state index contributed by atoms with van der Waals surface area (Å²) in [4.78, 5) is 0. The van der Waals surface area contributed by atoms with Crippen molar-refractivity contribution in [2.75, 3.05) is 12.3 Å². The Hall–Kier alpha value is -0.930. The van der Waals surface area contributed by atoms with Crippen LogP contribution in [0, 0.1) is 0 Å². The molecule has 0 amide bonds. The molecule has 0 saturated heterocycles. The number of nitrogens with one attached hydrogen (secondary N) is 1. The lowest BCUT2D eigenvalue weighted by Crippen LogP contribution is -2.16. The second-order valence-electron chi connectivity index (χ2n) is 4.35. The normalized spacial score (nSPS) is 11.5. The van der Waals surface area contributed by atoms with Gasteiger partial charge in [0.2, 0.25) is 0 Å². The van der Waals surface area contributed by atoms with Crippen LogP contribution in [0.2, 0.25) is 0 Å². The zero-order chi connectivity index (χ0) is 12.1. The summed E-state index contributed by atoms with van der Waals surface area (Å²) in [5.74, 6) is 2.17. The number of hydrogen-bond acceptors (Lipinski definition) is 3. The molecule has 0 radical (unpaired) electrons. The number of hydrogen-bond donors (Lipinski definition) is 1. The highest BCUT2D eigenvalue weighted by molar-refractivity contribution is 7.99. The van der Waals surface area contributed by atoms with Gasteiger partial charge in [-0.1, -0.05) is 32.0 Å². The summed E-state index contributed by atoms with van der Waals surface area (Å²) >= 11 is 1.98. The van der Waals surface area contributed by atoms with E-state index in [0.29, 0.717) is 5.25 Å². The van der Waals surface area contributed by atoms with Crippen LogP contribution >= 0.6 is 11.8 Å². The molecule has 2 rings (SSSR count). The number of para-hydroxylation sites is 1. The molecular formula is C14H19NOS. The van der Waals surface area contributed by atoms with Gasteiger partial charge in [0.05, 0.1) is 6.54 Å². The summed E-state index contributed by atoms with van der Waals surface area (Å²) < 4.78 is 5.73. The summed E-state index contributed by atoms with van der Waals surface area (Å²) in [7, 11) is 0. The number of thioether (sulfide) groups is 1. The number of fused-ring (bicyclic) bond motifs is 1. The highest BCUT2D eigenvalue weighted by Crippen LogP contribution is 2.18. The first-order valence-corrected chi connectivity index (χ1v) is 7.10. The van der Waals surface area contributed by atoms with Crippen LogP contribution in [-0.2, 0) is 6.54 Å². The van der Waals surface area contributed by atoms with E-state index >= 15 is 0 Å². The summed E-state index contributed by atoms with van der Waals surface area (Å²) in [5, 5.41) is 5.30. The minimum Gasteiger partial charge on any atom is -0.460 e. The van der Waals surface area contributed by atoms with Crippen molar-refractivity contribution in [1.29, 1.82) is 0 Å². The summed E-state index contributed by atoms with van der Waals surface area (Å²) in [6.07, 6.45) is 0. The highest BCUT2D eigenvalue weighted by atomic mass is 32.2. The molecule has 0 bridgehead atoms. The smallest absolute Gasteiger partial charge is 0.134 e. The lowest BCUT2D eigenvalue weighted by atomic mass is 10.2. The largest absolute Gasteiger partial charge is 0.460 e. The van der Waals surface area contributed by atoms with Gasteiger partial charge < -0.3 is 9.73 Å². The summed E-state index contributed by atoms with van der Waals surface area (Å²) in [6, 6.07) is 10.2. The van der Waals surface area contributed by atoms with E-state index in [1.165, 1.54) is 5.39 Å². The van der Waals surface area contributed by atoms with Crippen molar-refractivity contribution in [1.82, 2.24) is 5.32 Å². The Balaban J connectivity index is 1.79. The van der Waals surface area contributed by atoms with Crippen LogP contribution in [0.3, 0.4) is 0 Å². The van der Waals surface area contributed by atoms with Gasteiger partial charge in [0.15, 0.2) is 0 Å². The molecule has 0 aliphatic rings. The zero-order valence-electron chi connectivity index (χ0n) is 10.4. The highest BCUT2D eigenvalue weighted by Gasteiger charge is 2.02. The number of rotatable bonds is 6. The van der Waals surface area contributed by atoms with E-state index in [1.807, 2.05) is 30.0 Å². The van der Waals surface area contributed by atoms with Crippen LogP contribution in [0.1, 0.15) is 19.6 Å². The monoisotopic (exact) mass is 249 g/mol. The standard InChI is InChI=1S/C14H19NOS/c1-11(2)17-8-7-15-10-13-9-12-5-3-4-6-14(12)16-13/h3-6,9,11,15H,7-8,10H2,1-2H3. The molecule has 0 spiro atoms. The Morgan fingerprint density at radius 3 is 2.88 bits per heavy atom. The van der Waals surface area contributed by atoms with Crippen molar-refractivity contribution in [3.63, 3.8) is 0 Å². The second kappa shape index (κ2) is 6.12. The van der Waals surface area contributed by atoms with Gasteiger partial charge in [-0.25, -0.2) is 0 Å². The van der Waals surface area contributed by atoms with Gasteiger partial charge in [0, 0.05) is 17.7 Å². The molecule has 2 aromatic rings. The summed E-state index contributed by atoms with van der Waals surface area (Å²) in [6.45, 7) is 6.29. The van der Waals surface area contributed by atoms with Crippen molar-refractivity contribution in [3.05, 3.63) is 36.1 Å². The van der Waals surface area contributed by atoms with E-state index < -0.39 is 0 Å². The van der Waals surface area contributed by atoms with Crippen LogP contribution in [-0.4, -0.2) is 17.5 Å². The Morgan fingerprint density at radius 1 is 1.29 bits per heavy atom. The zero-order valence-corrected chi connectivity index (χ0v) is 11.2. The van der Waals surface area contributed by atoms with E-state index in [9.17, 15) is 0 Å². The molecule has 2 nitrogen and oxygen atoms in total. The van der Waals surface area contributed by atoms with Crippen molar-refractivity contribution in [2.45, 2.75) is 25.6 Å². The van der Waals surface area contributed by atoms with Gasteiger partial charge in [0.1, 0.15) is 11.3 Å². The fourth-order valence-electron chi connectivity index (χ4n) is 1.70. The molecule has 0 aliphatic carbocycles. The van der Waals surface area contributed by atoms with Crippen LogP contribution in [0.4, 0.5) is 0 Å². The molecule has 0 unspecified atom stereocenters. The van der Waals surface area contributed by atoms with E-state index in [1.54, 1.807) is 0 Å². The van der Waals surface area contributed by atoms with Crippen LogP contribution in [0.25, 0.3) is 11.0 Å². The maximum absolute atomic E-state index is 5.73. The Labute approximate surface area is 107 Å². The second-order valence-corrected chi connectivity index (χ2v) is 6.03. The van der Waals surface area contributed by atoms with Gasteiger partial charge >= 0.3 is 0 Å². The molecule has 0 atom stereocenters. The molecule has 1 aromatic heterocycles. The Morgan fingerprint density at radius 2 is 2.12 bits per heavy atom. The quantitative estimate of drug-likeness (QED) is 0.791. The molecule has 0 saturated carbocycles. The first kappa shape index (κ1) is 12.5. The van der Waals surface area contributed by atoms with E-state index in [-0.39, 0.29) is 0 Å². The predicted octanol–water partition coefficient (Wildman–Crippen LogP) is 3.66. The van der Waals surface area contributed by atoms with E-state index in [0.717, 1.165) is 30.2 Å². The molecule has 1 heterocycles. The molecule has 92 valence electrons. The first-order valence-electron chi connectivity index (χ1n) is 6.05. The molecule has 1 N–H and O–H groups in total. The fourth-order valence-corrected chi connectivity index (χ4v) is 2.44. The molecule has 0 fully saturated rings. The van der Waals surface area contributed by atoms with Crippen molar-refractivity contribution < 1.29 is 4.42 Å². The molecule has 0 aliphatic heterocycles. The molecular weight excluding hydrogens is 230 g/mol. The predicted molar refractivity (Wildman–Crippen MR) is 75.5 cm³/mol. The maximum atomic E-state index is 5.73. The third kappa shape index (κ3) is 3.79. The lowest BCUT2D eigenvalue weighted by Gasteiger charge is -2.04. The Bertz CT molecular complexity index is 431. The van der Waals surface area contributed by atoms with Crippen LogP contribution in [0.15, 0.2) is 34.7 Å². The van der Waals surface area contributed by atoms with Crippen LogP contribution < -0.4 is 5.32 Å². The van der Waals surface area contributed by atoms with Gasteiger partial charge in [-0.05, 0) is 17.4 Å². The maximum Gasteiger partial charge on any atom is 0.134 e. The molecule has 3 heteroatoms. The van der Waals surface area contributed by atoms with Crippen LogP contribution in [0.5, 0.6) is 0 Å². The first-order chi connectivity index (χ1) is 8.25. The fraction of sp³-hybridized carbons (Fsp3) is 0.429. The average Bonchev–Trinajstić information content (AvgIpc) is 2.70. The number of furan rings is 1. The average molecular weight is 249 g/mol. The van der Waals surface area contributed by atoms with Crippen molar-refractivity contribution in [3.8, 4) is 0 Å². The third-order valence-corrected chi connectivity index (χ3v) is 3.61. The van der Waals surface area contributed by atoms with Crippen molar-refractivity contribution in [2.24, 2.45) is 0 Å². The summed E-state index contributed by atoms with van der Waals surface area (Å²) in [5.41, 5.74) is 0.973. The SMILES string of the molecule is CC(C)SCCNCc1cc2ccccc2o1. The minimum atomic E-state index is 0.711. The third-order valence-electron chi connectivity index (χ3n) is 2.51. The lowest BCUT2D eigenvalue weighted by molar-refractivity contribution is 0.521. The van der Waals surface area contributed by atoms with Gasteiger partial charge in [0.25, 0.3) is 0 Å². The molecule has 1 aromatic carbocycles. The minimum absolute atomic E-state index is 0.711. The topological polar surface area (TPSA) is 25.2 Å². The number of benzene rings is 1. The Kier molecular flexibility index (Phi) is 4.51. The van der Waals surface area contributed by atoms with Crippen molar-refractivity contribution >= 4 is 22.7 Å². The van der Waals surface area contributed by atoms with Gasteiger partial charge in [-0.3, -0.25) is 0 Å². The van der Waals surface area contributed by atoms with Gasteiger partial charge in [-0.2, -0.15) is 11.8 Å². The van der Waals surface area contributed by atoms with E-state index in [2.05, 4.69) is 31.3 Å². The van der Waals surface area contributed by atoms with Gasteiger partial charge in [-0.15, -0.1) is 0 Å². The molecule has 17 heavy (non-hydrogen) atoms.